The van der Waals surface area contributed by atoms with Crippen molar-refractivity contribution in [2.75, 3.05) is 31.3 Å². The molecular weight excluding hydrogens is 188 g/mol. The molecule has 0 aliphatic rings. The van der Waals surface area contributed by atoms with Crippen LogP contribution in [0, 0.1) is 0 Å². The molecule has 1 rings (SSSR count). The zero-order chi connectivity index (χ0) is 9.68. The van der Waals surface area contributed by atoms with Crippen molar-refractivity contribution in [1.29, 1.82) is 0 Å². The molecule has 0 amide bonds. The van der Waals surface area contributed by atoms with Crippen molar-refractivity contribution in [3.8, 4) is 0 Å². The highest BCUT2D eigenvalue weighted by Crippen LogP contribution is 2.27. The van der Waals surface area contributed by atoms with Gasteiger partial charge >= 0.3 is 0 Å². The first-order valence-electron chi connectivity index (χ1n) is 4.02. The summed E-state index contributed by atoms with van der Waals surface area (Å²) < 4.78 is 4.90. The Kier molecular flexibility index (Phi) is 3.86. The van der Waals surface area contributed by atoms with Gasteiger partial charge in [-0.2, -0.15) is 0 Å². The maximum atomic E-state index is 5.93. The number of para-hydroxylation sites is 1. The quantitative estimate of drug-likeness (QED) is 0.577. The number of hydrogen-bond donors (Lipinski definition) is 2. The molecule has 0 aromatic heterocycles. The molecule has 0 atom stereocenters. The summed E-state index contributed by atoms with van der Waals surface area (Å²) in [6, 6.07) is 5.42. The third-order valence-corrected chi connectivity index (χ3v) is 1.97. The maximum absolute atomic E-state index is 5.93. The van der Waals surface area contributed by atoms with Crippen molar-refractivity contribution in [3.63, 3.8) is 0 Å². The highest BCUT2D eigenvalue weighted by Gasteiger charge is 2.01. The normalized spacial score (nSPS) is 10.0. The number of rotatable bonds is 4. The second kappa shape index (κ2) is 4.94. The largest absolute Gasteiger partial charge is 0.397 e. The minimum Gasteiger partial charge on any atom is -0.397 e. The van der Waals surface area contributed by atoms with Gasteiger partial charge in [-0.05, 0) is 12.1 Å². The van der Waals surface area contributed by atoms with Gasteiger partial charge in [0.15, 0.2) is 0 Å². The van der Waals surface area contributed by atoms with Gasteiger partial charge in [-0.1, -0.05) is 17.7 Å². The van der Waals surface area contributed by atoms with E-state index >= 15 is 0 Å². The Bertz CT molecular complexity index is 258. The number of benzene rings is 1. The fraction of sp³-hybridized carbons (Fsp3) is 0.333. The molecule has 0 fully saturated rings. The average Bonchev–Trinajstić information content (AvgIpc) is 2.10. The number of nitrogens with two attached hydrogens (primary N) is 1. The third-order valence-electron chi connectivity index (χ3n) is 1.65. The molecule has 13 heavy (non-hydrogen) atoms. The molecule has 0 heterocycles. The van der Waals surface area contributed by atoms with Crippen LogP contribution in [-0.2, 0) is 4.74 Å². The van der Waals surface area contributed by atoms with Gasteiger partial charge in [-0.3, -0.25) is 0 Å². The van der Waals surface area contributed by atoms with Crippen molar-refractivity contribution in [3.05, 3.63) is 23.2 Å². The summed E-state index contributed by atoms with van der Waals surface area (Å²) in [5.74, 6) is 0. The predicted molar refractivity (Wildman–Crippen MR) is 56.2 cm³/mol. The Hall–Kier alpha value is -0.930. The van der Waals surface area contributed by atoms with Crippen molar-refractivity contribution in [2.45, 2.75) is 0 Å². The van der Waals surface area contributed by atoms with Gasteiger partial charge in [0, 0.05) is 13.7 Å². The van der Waals surface area contributed by atoms with E-state index in [-0.39, 0.29) is 0 Å². The first-order chi connectivity index (χ1) is 6.25. The molecular formula is C9H13ClN2O. The minimum atomic E-state index is 0.630. The summed E-state index contributed by atoms with van der Waals surface area (Å²) in [7, 11) is 1.65. The van der Waals surface area contributed by atoms with Crippen LogP contribution < -0.4 is 11.1 Å². The Morgan fingerprint density at radius 1 is 1.54 bits per heavy atom. The van der Waals surface area contributed by atoms with E-state index in [4.69, 9.17) is 22.1 Å². The lowest BCUT2D eigenvalue weighted by Crippen LogP contribution is -2.09. The summed E-state index contributed by atoms with van der Waals surface area (Å²) in [5, 5.41) is 3.74. The lowest BCUT2D eigenvalue weighted by atomic mass is 10.2. The van der Waals surface area contributed by atoms with Crippen LogP contribution in [0.5, 0.6) is 0 Å². The highest BCUT2D eigenvalue weighted by molar-refractivity contribution is 6.33. The monoisotopic (exact) mass is 200 g/mol. The Morgan fingerprint density at radius 2 is 2.31 bits per heavy atom. The number of ether oxygens (including phenoxy) is 1. The molecule has 0 aliphatic carbocycles. The average molecular weight is 201 g/mol. The Labute approximate surface area is 82.8 Å². The van der Waals surface area contributed by atoms with E-state index < -0.39 is 0 Å². The highest BCUT2D eigenvalue weighted by atomic mass is 35.5. The van der Waals surface area contributed by atoms with Gasteiger partial charge in [0.25, 0.3) is 0 Å². The van der Waals surface area contributed by atoms with E-state index in [0.29, 0.717) is 23.9 Å². The minimum absolute atomic E-state index is 0.630. The van der Waals surface area contributed by atoms with Crippen molar-refractivity contribution in [2.24, 2.45) is 0 Å². The number of hydrogen-bond acceptors (Lipinski definition) is 3. The Morgan fingerprint density at radius 3 is 2.92 bits per heavy atom. The van der Waals surface area contributed by atoms with Gasteiger partial charge in [0.05, 0.1) is 23.0 Å². The van der Waals surface area contributed by atoms with E-state index in [0.717, 1.165) is 5.69 Å². The van der Waals surface area contributed by atoms with Gasteiger partial charge in [0.2, 0.25) is 0 Å². The molecule has 0 aliphatic heterocycles. The standard InChI is InChI=1S/C9H13ClN2O/c1-13-6-5-12-9-7(10)3-2-4-8(9)11/h2-4,12H,5-6,11H2,1H3. The molecule has 0 spiro atoms. The number of nitrogen functional groups attached to an aromatic ring is 1. The van der Waals surface area contributed by atoms with E-state index in [1.54, 1.807) is 19.2 Å². The molecule has 1 aromatic rings. The first kappa shape index (κ1) is 10.2. The molecule has 3 N–H and O–H groups in total. The molecule has 0 bridgehead atoms. The van der Waals surface area contributed by atoms with Gasteiger partial charge in [-0.15, -0.1) is 0 Å². The Balaban J connectivity index is 2.64. The zero-order valence-electron chi connectivity index (χ0n) is 7.51. The van der Waals surface area contributed by atoms with Crippen LogP contribution in [-0.4, -0.2) is 20.3 Å². The summed E-state index contributed by atoms with van der Waals surface area (Å²) in [4.78, 5) is 0. The molecule has 1 aromatic carbocycles. The zero-order valence-corrected chi connectivity index (χ0v) is 8.27. The molecule has 0 saturated carbocycles. The van der Waals surface area contributed by atoms with E-state index in [2.05, 4.69) is 5.32 Å². The maximum Gasteiger partial charge on any atom is 0.0763 e. The van der Waals surface area contributed by atoms with Gasteiger partial charge in [0.1, 0.15) is 0 Å². The number of nitrogens with one attached hydrogen (secondary N) is 1. The number of anilines is 2. The molecule has 72 valence electrons. The van der Waals surface area contributed by atoms with Crippen LogP contribution in [0.15, 0.2) is 18.2 Å². The van der Waals surface area contributed by atoms with Crippen LogP contribution in [0.3, 0.4) is 0 Å². The summed E-state index contributed by atoms with van der Waals surface area (Å²) in [5.41, 5.74) is 7.15. The van der Waals surface area contributed by atoms with Crippen molar-refractivity contribution in [1.82, 2.24) is 0 Å². The lowest BCUT2D eigenvalue weighted by Gasteiger charge is -2.09. The van der Waals surface area contributed by atoms with Crippen LogP contribution in [0.1, 0.15) is 0 Å². The first-order valence-corrected chi connectivity index (χ1v) is 4.40. The van der Waals surface area contributed by atoms with Crippen LogP contribution in [0.4, 0.5) is 11.4 Å². The van der Waals surface area contributed by atoms with E-state index in [1.807, 2.05) is 6.07 Å². The molecule has 0 radical (unpaired) electrons. The molecule has 4 heteroatoms. The summed E-state index contributed by atoms with van der Waals surface area (Å²) >= 11 is 5.93. The topological polar surface area (TPSA) is 47.3 Å². The van der Waals surface area contributed by atoms with Gasteiger partial charge in [-0.25, -0.2) is 0 Å². The third kappa shape index (κ3) is 2.79. The van der Waals surface area contributed by atoms with Crippen LogP contribution >= 0.6 is 11.6 Å². The van der Waals surface area contributed by atoms with E-state index in [9.17, 15) is 0 Å². The second-order valence-corrected chi connectivity index (χ2v) is 3.03. The van der Waals surface area contributed by atoms with Gasteiger partial charge < -0.3 is 15.8 Å². The van der Waals surface area contributed by atoms with Crippen molar-refractivity contribution >= 4 is 23.0 Å². The van der Waals surface area contributed by atoms with Crippen molar-refractivity contribution < 1.29 is 4.74 Å². The van der Waals surface area contributed by atoms with Crippen LogP contribution in [0.2, 0.25) is 5.02 Å². The fourth-order valence-corrected chi connectivity index (χ4v) is 1.25. The fourth-order valence-electron chi connectivity index (χ4n) is 1.01. The predicted octanol–water partition coefficient (Wildman–Crippen LogP) is 1.98. The number of halogens is 1. The number of methoxy groups -OCH3 is 1. The molecule has 0 unspecified atom stereocenters. The molecule has 0 saturated heterocycles. The van der Waals surface area contributed by atoms with E-state index in [1.165, 1.54) is 0 Å². The lowest BCUT2D eigenvalue weighted by molar-refractivity contribution is 0.211. The second-order valence-electron chi connectivity index (χ2n) is 2.62. The smallest absolute Gasteiger partial charge is 0.0763 e. The van der Waals surface area contributed by atoms with Crippen LogP contribution in [0.25, 0.3) is 0 Å². The molecule has 3 nitrogen and oxygen atoms in total. The summed E-state index contributed by atoms with van der Waals surface area (Å²) in [6.07, 6.45) is 0. The SMILES string of the molecule is COCCNc1c(N)cccc1Cl. The summed E-state index contributed by atoms with van der Waals surface area (Å²) in [6.45, 7) is 1.33.